The van der Waals surface area contributed by atoms with Gasteiger partial charge in [-0.2, -0.15) is 8.42 Å². The van der Waals surface area contributed by atoms with Crippen molar-refractivity contribution in [1.29, 1.82) is 0 Å². The van der Waals surface area contributed by atoms with E-state index in [9.17, 15) is 8.42 Å². The lowest BCUT2D eigenvalue weighted by atomic mass is 9.78. The molecule has 0 saturated heterocycles. The molecule has 2 saturated carbocycles. The third-order valence-electron chi connectivity index (χ3n) is 4.63. The van der Waals surface area contributed by atoms with E-state index in [2.05, 4.69) is 10.2 Å². The minimum atomic E-state index is -3.89. The summed E-state index contributed by atoms with van der Waals surface area (Å²) in [5.41, 5.74) is -0.482. The molecule has 2 fully saturated rings. The number of nitrogens with one attached hydrogen (secondary N) is 1. The molecule has 108 valence electrons. The number of rotatable bonds is 5. The van der Waals surface area contributed by atoms with Gasteiger partial charge in [0, 0.05) is 13.0 Å². The summed E-state index contributed by atoms with van der Waals surface area (Å²) < 4.78 is 30.0. The number of fused-ring (bicyclic) bond motifs is 1. The van der Waals surface area contributed by atoms with Gasteiger partial charge < -0.3 is 0 Å². The van der Waals surface area contributed by atoms with E-state index in [-0.39, 0.29) is 5.75 Å². The molecule has 0 amide bonds. The van der Waals surface area contributed by atoms with Crippen LogP contribution in [0.2, 0.25) is 0 Å². The lowest BCUT2D eigenvalue weighted by molar-refractivity contribution is 0.198. The van der Waals surface area contributed by atoms with Crippen LogP contribution >= 0.6 is 0 Å². The van der Waals surface area contributed by atoms with Gasteiger partial charge in [0.2, 0.25) is 0 Å². The first kappa shape index (κ1) is 14.8. The van der Waals surface area contributed by atoms with Crippen molar-refractivity contribution in [3.8, 4) is 0 Å². The Bertz CT molecular complexity index is 457. The van der Waals surface area contributed by atoms with E-state index in [1.807, 2.05) is 0 Å². The zero-order chi connectivity index (χ0) is 13.9. The molecule has 2 aliphatic carbocycles. The van der Waals surface area contributed by atoms with Crippen LogP contribution in [0.4, 0.5) is 0 Å². The molecule has 2 N–H and O–H groups in total. The summed E-state index contributed by atoms with van der Waals surface area (Å²) in [5.74, 6) is 0.851. The standard InChI is InChI=1S/C13H22N2O3S/c1-14-13(15-9-4-10-19(16,17)18)8-7-11-5-2-3-6-12(11)13/h11-12,15H,2-10H2,(H,16,17,18). The summed E-state index contributed by atoms with van der Waals surface area (Å²) >= 11 is 0. The molecule has 3 unspecified atom stereocenters. The highest BCUT2D eigenvalue weighted by Crippen LogP contribution is 2.48. The maximum absolute atomic E-state index is 10.7. The van der Waals surface area contributed by atoms with E-state index in [0.717, 1.165) is 19.3 Å². The van der Waals surface area contributed by atoms with Gasteiger partial charge in [0.05, 0.1) is 11.7 Å². The van der Waals surface area contributed by atoms with Crippen molar-refractivity contribution in [3.63, 3.8) is 0 Å². The Labute approximate surface area is 115 Å². The molecule has 6 heteroatoms. The van der Waals surface area contributed by atoms with Crippen LogP contribution in [0.5, 0.6) is 0 Å². The van der Waals surface area contributed by atoms with Crippen molar-refractivity contribution in [2.45, 2.75) is 50.6 Å². The van der Waals surface area contributed by atoms with Crippen LogP contribution < -0.4 is 5.32 Å². The van der Waals surface area contributed by atoms with Crippen molar-refractivity contribution >= 4 is 10.1 Å². The van der Waals surface area contributed by atoms with E-state index in [1.54, 1.807) is 0 Å². The second-order valence-corrected chi connectivity index (χ2v) is 7.36. The third-order valence-corrected chi connectivity index (χ3v) is 5.43. The first-order chi connectivity index (χ1) is 8.97. The lowest BCUT2D eigenvalue weighted by Crippen LogP contribution is -2.47. The van der Waals surface area contributed by atoms with Gasteiger partial charge in [0.25, 0.3) is 15.8 Å². The molecule has 5 nitrogen and oxygen atoms in total. The average Bonchev–Trinajstić information content (AvgIpc) is 2.74. The molecule has 19 heavy (non-hydrogen) atoms. The highest BCUT2D eigenvalue weighted by atomic mass is 32.2. The van der Waals surface area contributed by atoms with E-state index in [0.29, 0.717) is 24.8 Å². The fraction of sp³-hybridized carbons (Fsp3) is 0.923. The Morgan fingerprint density at radius 3 is 2.74 bits per heavy atom. The Kier molecular flexibility index (Phi) is 4.49. The summed E-state index contributed by atoms with van der Waals surface area (Å²) in [5, 5.41) is 3.29. The summed E-state index contributed by atoms with van der Waals surface area (Å²) in [6, 6.07) is 0. The predicted octanol–water partition coefficient (Wildman–Crippen LogP) is 2.07. The molecule has 0 radical (unpaired) electrons. The lowest BCUT2D eigenvalue weighted by Gasteiger charge is -2.31. The minimum Gasteiger partial charge on any atom is -0.293 e. The smallest absolute Gasteiger partial charge is 0.289 e. The summed E-state index contributed by atoms with van der Waals surface area (Å²) in [6.45, 7) is 8.00. The van der Waals surface area contributed by atoms with Gasteiger partial charge in [0.15, 0.2) is 0 Å². The predicted molar refractivity (Wildman–Crippen MR) is 73.1 cm³/mol. The number of nitrogens with zero attached hydrogens (tertiary/aromatic N) is 1. The van der Waals surface area contributed by atoms with E-state index in [4.69, 9.17) is 11.1 Å². The molecule has 0 aliphatic heterocycles. The molecule has 0 aromatic heterocycles. The molecule has 0 aromatic rings. The minimum absolute atomic E-state index is 0.234. The Balaban J connectivity index is 1.90. The Morgan fingerprint density at radius 1 is 1.32 bits per heavy atom. The maximum Gasteiger partial charge on any atom is 0.289 e. The van der Waals surface area contributed by atoms with E-state index < -0.39 is 15.8 Å². The molecular weight excluding hydrogens is 264 g/mol. The van der Waals surface area contributed by atoms with Crippen LogP contribution in [0.1, 0.15) is 44.9 Å². The number of hydrogen-bond acceptors (Lipinski definition) is 3. The molecule has 2 rings (SSSR count). The molecular formula is C13H22N2O3S. The fourth-order valence-corrected chi connectivity index (χ4v) is 4.24. The van der Waals surface area contributed by atoms with Gasteiger partial charge in [-0.15, -0.1) is 0 Å². The maximum atomic E-state index is 10.7. The molecule has 0 bridgehead atoms. The topological polar surface area (TPSA) is 70.8 Å². The van der Waals surface area contributed by atoms with Gasteiger partial charge in [-0.05, 0) is 31.6 Å². The summed E-state index contributed by atoms with van der Waals surface area (Å²) in [4.78, 5) is 3.86. The molecule has 2 aliphatic rings. The fourth-order valence-electron chi connectivity index (χ4n) is 3.73. The zero-order valence-electron chi connectivity index (χ0n) is 11.1. The molecule has 0 aromatic carbocycles. The number of hydrogen-bond donors (Lipinski definition) is 2. The van der Waals surface area contributed by atoms with Crippen molar-refractivity contribution < 1.29 is 13.0 Å². The Hall–Kier alpha value is -0.640. The molecule has 0 heterocycles. The Morgan fingerprint density at radius 2 is 2.05 bits per heavy atom. The highest BCUT2D eigenvalue weighted by Gasteiger charge is 2.54. The van der Waals surface area contributed by atoms with Crippen LogP contribution in [0, 0.1) is 18.4 Å². The SMILES string of the molecule is [C-]#[N+]C1(NCCCS(=O)(=O)O)CCC2CCCCC21. The summed E-state index contributed by atoms with van der Waals surface area (Å²) in [7, 11) is -3.89. The van der Waals surface area contributed by atoms with Gasteiger partial charge in [-0.1, -0.05) is 12.8 Å². The van der Waals surface area contributed by atoms with Crippen molar-refractivity contribution in [2.24, 2.45) is 11.8 Å². The van der Waals surface area contributed by atoms with E-state index >= 15 is 0 Å². The third kappa shape index (κ3) is 3.47. The van der Waals surface area contributed by atoms with E-state index in [1.165, 1.54) is 19.3 Å². The second-order valence-electron chi connectivity index (χ2n) is 5.79. The van der Waals surface area contributed by atoms with Crippen LogP contribution in [0.25, 0.3) is 4.85 Å². The van der Waals surface area contributed by atoms with Crippen molar-refractivity contribution in [3.05, 3.63) is 11.4 Å². The van der Waals surface area contributed by atoms with Crippen molar-refractivity contribution in [2.75, 3.05) is 12.3 Å². The van der Waals surface area contributed by atoms with Crippen LogP contribution in [-0.4, -0.2) is 30.9 Å². The zero-order valence-corrected chi connectivity index (χ0v) is 12.0. The van der Waals surface area contributed by atoms with Gasteiger partial charge >= 0.3 is 0 Å². The molecule has 3 atom stereocenters. The van der Waals surface area contributed by atoms with Gasteiger partial charge in [-0.25, -0.2) is 11.9 Å². The van der Waals surface area contributed by atoms with Crippen molar-refractivity contribution in [1.82, 2.24) is 5.32 Å². The summed E-state index contributed by atoms with van der Waals surface area (Å²) in [6.07, 6.45) is 7.15. The van der Waals surface area contributed by atoms with Crippen LogP contribution in [0.15, 0.2) is 0 Å². The second kappa shape index (κ2) is 5.78. The normalized spacial score (nSPS) is 34.7. The van der Waals surface area contributed by atoms with Gasteiger partial charge in [0.1, 0.15) is 0 Å². The van der Waals surface area contributed by atoms with Crippen LogP contribution in [0.3, 0.4) is 0 Å². The first-order valence-corrected chi connectivity index (χ1v) is 8.66. The monoisotopic (exact) mass is 286 g/mol. The molecule has 0 spiro atoms. The quantitative estimate of drug-likeness (QED) is 0.461. The van der Waals surface area contributed by atoms with Crippen LogP contribution in [-0.2, 0) is 10.1 Å². The van der Waals surface area contributed by atoms with Gasteiger partial charge in [-0.3, -0.25) is 9.40 Å². The average molecular weight is 286 g/mol. The highest BCUT2D eigenvalue weighted by molar-refractivity contribution is 7.85. The first-order valence-electron chi connectivity index (χ1n) is 7.06. The largest absolute Gasteiger partial charge is 0.293 e.